The van der Waals surface area contributed by atoms with E-state index in [4.69, 9.17) is 9.26 Å². The number of amides is 1. The molecule has 7 nitrogen and oxygen atoms in total. The number of hydrogen-bond acceptors (Lipinski definition) is 6. The lowest BCUT2D eigenvalue weighted by molar-refractivity contribution is -0.0747. The van der Waals surface area contributed by atoms with Gasteiger partial charge >= 0.3 is 0 Å². The summed E-state index contributed by atoms with van der Waals surface area (Å²) >= 11 is 0. The molecule has 2 aromatic rings. The van der Waals surface area contributed by atoms with Crippen molar-refractivity contribution < 1.29 is 14.1 Å². The Labute approximate surface area is 146 Å². The van der Waals surface area contributed by atoms with E-state index in [0.29, 0.717) is 24.9 Å². The number of rotatable bonds is 3. The number of morpholine rings is 1. The van der Waals surface area contributed by atoms with Crippen molar-refractivity contribution in [2.75, 3.05) is 26.2 Å². The molecule has 0 bridgehead atoms. The van der Waals surface area contributed by atoms with Gasteiger partial charge in [0.2, 0.25) is 5.76 Å². The van der Waals surface area contributed by atoms with Crippen molar-refractivity contribution in [3.05, 3.63) is 48.1 Å². The summed E-state index contributed by atoms with van der Waals surface area (Å²) in [6.07, 6.45) is 7.12. The number of fused-ring (bicyclic) bond motifs is 1. The summed E-state index contributed by atoms with van der Waals surface area (Å²) in [6, 6.07) is 6.01. The fraction of sp³-hybridized carbons (Fsp3) is 0.500. The third-order valence-electron chi connectivity index (χ3n) is 5.03. The van der Waals surface area contributed by atoms with E-state index < -0.39 is 0 Å². The normalized spacial score (nSPS) is 24.6. The number of ether oxygens (including phenoxy) is 1. The number of hydrogen-bond donors (Lipinski definition) is 0. The SMILES string of the molecule is O=C(c1ccno1)N1CC[C@H]2OCCN(Cc3cccnc3)[C@H]2CC1. The van der Waals surface area contributed by atoms with Gasteiger partial charge in [-0.15, -0.1) is 0 Å². The molecule has 2 fully saturated rings. The highest BCUT2D eigenvalue weighted by Crippen LogP contribution is 2.25. The monoisotopic (exact) mass is 342 g/mol. The minimum Gasteiger partial charge on any atom is -0.375 e. The smallest absolute Gasteiger partial charge is 0.292 e. The Kier molecular flexibility index (Phi) is 4.76. The van der Waals surface area contributed by atoms with Crippen LogP contribution in [0.1, 0.15) is 29.0 Å². The Hall–Kier alpha value is -2.25. The fourth-order valence-corrected chi connectivity index (χ4v) is 3.77. The van der Waals surface area contributed by atoms with Crippen molar-refractivity contribution in [2.45, 2.75) is 31.5 Å². The van der Waals surface area contributed by atoms with Crippen LogP contribution in [-0.2, 0) is 11.3 Å². The van der Waals surface area contributed by atoms with Gasteiger partial charge in [0.1, 0.15) is 0 Å². The Morgan fingerprint density at radius 1 is 1.20 bits per heavy atom. The van der Waals surface area contributed by atoms with Crippen LogP contribution in [0.15, 0.2) is 41.3 Å². The first-order valence-electron chi connectivity index (χ1n) is 8.76. The van der Waals surface area contributed by atoms with Crippen LogP contribution in [0.2, 0.25) is 0 Å². The Balaban J connectivity index is 1.44. The topological polar surface area (TPSA) is 71.7 Å². The molecule has 0 radical (unpaired) electrons. The maximum atomic E-state index is 12.5. The number of aromatic nitrogens is 2. The van der Waals surface area contributed by atoms with Gasteiger partial charge in [-0.1, -0.05) is 11.2 Å². The number of likely N-dealkylation sites (tertiary alicyclic amines) is 1. The van der Waals surface area contributed by atoms with E-state index in [1.165, 1.54) is 11.8 Å². The van der Waals surface area contributed by atoms with Gasteiger partial charge in [0.25, 0.3) is 5.91 Å². The van der Waals surface area contributed by atoms with E-state index >= 15 is 0 Å². The van der Waals surface area contributed by atoms with Gasteiger partial charge in [0.15, 0.2) is 0 Å². The summed E-state index contributed by atoms with van der Waals surface area (Å²) in [5.41, 5.74) is 1.21. The molecule has 2 aromatic heterocycles. The van der Waals surface area contributed by atoms with E-state index in [-0.39, 0.29) is 12.0 Å². The third-order valence-corrected chi connectivity index (χ3v) is 5.03. The highest BCUT2D eigenvalue weighted by atomic mass is 16.5. The summed E-state index contributed by atoms with van der Waals surface area (Å²) in [7, 11) is 0. The fourth-order valence-electron chi connectivity index (χ4n) is 3.77. The molecule has 0 unspecified atom stereocenters. The number of nitrogens with zero attached hydrogens (tertiary/aromatic N) is 4. The molecule has 4 heterocycles. The second kappa shape index (κ2) is 7.33. The zero-order valence-electron chi connectivity index (χ0n) is 14.1. The molecule has 2 atom stereocenters. The molecule has 2 saturated heterocycles. The van der Waals surface area contributed by atoms with Crippen molar-refractivity contribution in [1.29, 1.82) is 0 Å². The average molecular weight is 342 g/mol. The summed E-state index contributed by atoms with van der Waals surface area (Å²) in [5, 5.41) is 3.63. The van der Waals surface area contributed by atoms with Gasteiger partial charge in [-0.3, -0.25) is 14.7 Å². The van der Waals surface area contributed by atoms with Gasteiger partial charge in [0, 0.05) is 50.7 Å². The van der Waals surface area contributed by atoms with Gasteiger partial charge in [-0.05, 0) is 24.5 Å². The van der Waals surface area contributed by atoms with Crippen molar-refractivity contribution in [2.24, 2.45) is 0 Å². The van der Waals surface area contributed by atoms with Crippen molar-refractivity contribution >= 4 is 5.91 Å². The molecule has 4 rings (SSSR count). The lowest BCUT2D eigenvalue weighted by Gasteiger charge is -2.40. The zero-order valence-corrected chi connectivity index (χ0v) is 14.1. The van der Waals surface area contributed by atoms with Crippen molar-refractivity contribution in [3.8, 4) is 0 Å². The van der Waals surface area contributed by atoms with Gasteiger partial charge in [-0.2, -0.15) is 0 Å². The first-order valence-corrected chi connectivity index (χ1v) is 8.76. The largest absolute Gasteiger partial charge is 0.375 e. The Morgan fingerprint density at radius 3 is 2.92 bits per heavy atom. The van der Waals surface area contributed by atoms with Crippen molar-refractivity contribution in [3.63, 3.8) is 0 Å². The van der Waals surface area contributed by atoms with E-state index in [9.17, 15) is 4.79 Å². The highest BCUT2D eigenvalue weighted by Gasteiger charge is 2.36. The molecule has 0 aromatic carbocycles. The second-order valence-electron chi connectivity index (χ2n) is 6.55. The Bertz CT molecular complexity index is 692. The number of carbonyl (C=O) groups is 1. The lowest BCUT2D eigenvalue weighted by Crippen LogP contribution is -2.50. The van der Waals surface area contributed by atoms with Gasteiger partial charge in [0.05, 0.1) is 18.9 Å². The van der Waals surface area contributed by atoms with Crippen LogP contribution in [0.4, 0.5) is 0 Å². The minimum atomic E-state index is -0.0880. The second-order valence-corrected chi connectivity index (χ2v) is 6.55. The molecular weight excluding hydrogens is 320 g/mol. The van der Waals surface area contributed by atoms with E-state index in [1.54, 1.807) is 12.3 Å². The predicted octanol–water partition coefficient (Wildman–Crippen LogP) is 1.58. The van der Waals surface area contributed by atoms with Crippen LogP contribution >= 0.6 is 0 Å². The molecule has 25 heavy (non-hydrogen) atoms. The van der Waals surface area contributed by atoms with Gasteiger partial charge in [-0.25, -0.2) is 0 Å². The molecule has 2 aliphatic heterocycles. The molecular formula is C18H22N4O3. The standard InChI is InChI=1S/C18H22N4O3/c23-18(17-3-7-20-25-17)21-8-4-15-16(5-9-21)24-11-10-22(15)13-14-2-1-6-19-12-14/h1-3,6-7,12,15-16H,4-5,8-11,13H2/t15-,16+/m0/s1. The quantitative estimate of drug-likeness (QED) is 0.843. The van der Waals surface area contributed by atoms with E-state index in [2.05, 4.69) is 21.1 Å². The van der Waals surface area contributed by atoms with Crippen LogP contribution in [-0.4, -0.2) is 64.2 Å². The molecule has 0 N–H and O–H groups in total. The minimum absolute atomic E-state index is 0.0880. The summed E-state index contributed by atoms with van der Waals surface area (Å²) < 4.78 is 11.0. The molecule has 0 spiro atoms. The summed E-state index contributed by atoms with van der Waals surface area (Å²) in [4.78, 5) is 21.0. The molecule has 1 amide bonds. The van der Waals surface area contributed by atoms with E-state index in [0.717, 1.165) is 32.5 Å². The molecule has 2 aliphatic rings. The summed E-state index contributed by atoms with van der Waals surface area (Å²) in [6.45, 7) is 3.90. The van der Waals surface area contributed by atoms with Gasteiger partial charge < -0.3 is 14.2 Å². The zero-order chi connectivity index (χ0) is 17.1. The van der Waals surface area contributed by atoms with E-state index in [1.807, 2.05) is 17.2 Å². The summed E-state index contributed by atoms with van der Waals surface area (Å²) in [5.74, 6) is 0.216. The first-order chi connectivity index (χ1) is 12.3. The molecule has 0 saturated carbocycles. The third kappa shape index (κ3) is 3.57. The predicted molar refractivity (Wildman–Crippen MR) is 89.8 cm³/mol. The average Bonchev–Trinajstić information content (AvgIpc) is 3.09. The van der Waals surface area contributed by atoms with Crippen molar-refractivity contribution in [1.82, 2.24) is 19.9 Å². The van der Waals surface area contributed by atoms with Crippen LogP contribution in [0, 0.1) is 0 Å². The maximum Gasteiger partial charge on any atom is 0.292 e. The number of carbonyl (C=O) groups excluding carboxylic acids is 1. The molecule has 0 aliphatic carbocycles. The highest BCUT2D eigenvalue weighted by molar-refractivity contribution is 5.91. The Morgan fingerprint density at radius 2 is 2.12 bits per heavy atom. The lowest BCUT2D eigenvalue weighted by atomic mass is 10.0. The molecule has 132 valence electrons. The maximum absolute atomic E-state index is 12.5. The van der Waals surface area contributed by atoms with Crippen LogP contribution in [0.3, 0.4) is 0 Å². The number of pyridine rings is 1. The van der Waals surface area contributed by atoms with Crippen LogP contribution in [0.5, 0.6) is 0 Å². The first kappa shape index (κ1) is 16.2. The molecule has 7 heteroatoms. The van der Waals surface area contributed by atoms with Crippen LogP contribution < -0.4 is 0 Å². The van der Waals surface area contributed by atoms with Crippen LogP contribution in [0.25, 0.3) is 0 Å².